The molecule has 1 aliphatic rings. The molecule has 1 N–H and O–H groups in total. The molecular formula is C29H39NO6. The highest BCUT2D eigenvalue weighted by atomic mass is 16.7. The molecule has 2 aromatic carbocycles. The van der Waals surface area contributed by atoms with Crippen molar-refractivity contribution < 1.29 is 28.9 Å². The van der Waals surface area contributed by atoms with Crippen molar-refractivity contribution in [2.75, 3.05) is 27.6 Å². The first-order valence-electron chi connectivity index (χ1n) is 12.3. The molecule has 0 saturated heterocycles. The van der Waals surface area contributed by atoms with E-state index < -0.39 is 17.6 Å². The van der Waals surface area contributed by atoms with E-state index >= 15 is 0 Å². The zero-order valence-corrected chi connectivity index (χ0v) is 22.9. The number of esters is 1. The van der Waals surface area contributed by atoms with E-state index in [0.717, 1.165) is 11.1 Å². The molecule has 3 rings (SSSR count). The predicted molar refractivity (Wildman–Crippen MR) is 138 cm³/mol. The van der Waals surface area contributed by atoms with E-state index in [1.165, 1.54) is 11.9 Å². The molecule has 1 aliphatic heterocycles. The number of amides is 1. The number of aliphatic hydroxyl groups is 1. The molecular weight excluding hydrogens is 458 g/mol. The zero-order valence-electron chi connectivity index (χ0n) is 22.9. The average Bonchev–Trinajstić information content (AvgIpc) is 2.80. The minimum absolute atomic E-state index is 0.0707. The molecule has 0 radical (unpaired) electrons. The number of rotatable bonds is 6. The van der Waals surface area contributed by atoms with Gasteiger partial charge >= 0.3 is 5.97 Å². The molecule has 196 valence electrons. The molecule has 2 unspecified atom stereocenters. The van der Waals surface area contributed by atoms with E-state index in [4.69, 9.17) is 14.2 Å². The predicted octanol–water partition coefficient (Wildman–Crippen LogP) is 4.52. The minimum atomic E-state index is -1.86. The van der Waals surface area contributed by atoms with E-state index in [2.05, 4.69) is 41.5 Å². The van der Waals surface area contributed by atoms with Gasteiger partial charge in [0.1, 0.15) is 11.4 Å². The van der Waals surface area contributed by atoms with Gasteiger partial charge in [-0.3, -0.25) is 4.79 Å². The SMILES string of the molecule is CCOC(=O)C1N(C)C(=O)c2ccccc2C1(O)c1cc(C(C)(C)C)c(OCOC)c(C(C)(C)C)c1. The fourth-order valence-electron chi connectivity index (χ4n) is 4.84. The third kappa shape index (κ3) is 4.74. The van der Waals surface area contributed by atoms with E-state index in [1.54, 1.807) is 38.3 Å². The summed E-state index contributed by atoms with van der Waals surface area (Å²) in [6, 6.07) is 9.38. The Bertz CT molecular complexity index is 1110. The summed E-state index contributed by atoms with van der Waals surface area (Å²) in [5.41, 5.74) is 0.326. The Morgan fingerprint density at radius 2 is 1.61 bits per heavy atom. The van der Waals surface area contributed by atoms with Crippen LogP contribution in [0.5, 0.6) is 5.75 Å². The smallest absolute Gasteiger partial charge is 0.332 e. The molecule has 0 aromatic heterocycles. The number of methoxy groups -OCH3 is 1. The summed E-state index contributed by atoms with van der Waals surface area (Å²) < 4.78 is 16.7. The molecule has 0 bridgehead atoms. The van der Waals surface area contributed by atoms with Crippen LogP contribution in [-0.2, 0) is 30.7 Å². The van der Waals surface area contributed by atoms with Gasteiger partial charge in [0.2, 0.25) is 0 Å². The Balaban J connectivity index is 2.46. The zero-order chi connectivity index (χ0) is 27.1. The summed E-state index contributed by atoms with van der Waals surface area (Å²) in [4.78, 5) is 27.8. The Morgan fingerprint density at radius 3 is 2.11 bits per heavy atom. The highest BCUT2D eigenvalue weighted by molar-refractivity contribution is 6.01. The van der Waals surface area contributed by atoms with Crippen molar-refractivity contribution in [3.05, 3.63) is 64.2 Å². The number of ether oxygens (including phenoxy) is 3. The number of hydrogen-bond donors (Lipinski definition) is 1. The Hall–Kier alpha value is -2.90. The van der Waals surface area contributed by atoms with Gasteiger partial charge in [0, 0.05) is 36.4 Å². The van der Waals surface area contributed by atoms with Crippen molar-refractivity contribution in [1.29, 1.82) is 0 Å². The Kier molecular flexibility index (Phi) is 7.59. The standard InChI is InChI=1S/C29H39NO6/c1-10-35-26(32)24-29(33,20-14-12-11-13-19(20)25(31)30(24)8)18-15-21(27(2,3)4)23(36-17-34-9)22(16-18)28(5,6)7/h11-16,24,33H,10,17H2,1-9H3. The van der Waals surface area contributed by atoms with Gasteiger partial charge in [0.05, 0.1) is 6.61 Å². The minimum Gasteiger partial charge on any atom is -0.467 e. The van der Waals surface area contributed by atoms with Gasteiger partial charge in [0.15, 0.2) is 12.8 Å². The van der Waals surface area contributed by atoms with Crippen LogP contribution >= 0.6 is 0 Å². The molecule has 0 aliphatic carbocycles. The molecule has 1 amide bonds. The maximum atomic E-state index is 13.3. The third-order valence-corrected chi connectivity index (χ3v) is 6.65. The Morgan fingerprint density at radius 1 is 1.06 bits per heavy atom. The van der Waals surface area contributed by atoms with Crippen LogP contribution in [0.3, 0.4) is 0 Å². The van der Waals surface area contributed by atoms with Gasteiger partial charge in [0.25, 0.3) is 5.91 Å². The lowest BCUT2D eigenvalue weighted by atomic mass is 9.70. The number of hydrogen-bond acceptors (Lipinski definition) is 6. The fourth-order valence-corrected chi connectivity index (χ4v) is 4.84. The second kappa shape index (κ2) is 9.87. The van der Waals surface area contributed by atoms with Crippen LogP contribution < -0.4 is 4.74 Å². The fraction of sp³-hybridized carbons (Fsp3) is 0.517. The van der Waals surface area contributed by atoms with E-state index in [0.29, 0.717) is 22.4 Å². The van der Waals surface area contributed by atoms with Crippen LogP contribution in [0.2, 0.25) is 0 Å². The number of likely N-dealkylation sites (N-methyl/N-ethyl adjacent to an activating group) is 1. The molecule has 7 heteroatoms. The van der Waals surface area contributed by atoms with Gasteiger partial charge in [-0.05, 0) is 41.5 Å². The highest BCUT2D eigenvalue weighted by Gasteiger charge is 2.54. The number of nitrogens with zero attached hydrogens (tertiary/aromatic N) is 1. The number of carbonyl (C=O) groups excluding carboxylic acids is 2. The molecule has 2 aromatic rings. The second-order valence-electron chi connectivity index (χ2n) is 11.3. The lowest BCUT2D eigenvalue weighted by Crippen LogP contribution is -2.60. The van der Waals surface area contributed by atoms with Crippen LogP contribution in [0, 0.1) is 0 Å². The van der Waals surface area contributed by atoms with Crippen molar-refractivity contribution in [3.8, 4) is 5.75 Å². The molecule has 0 saturated carbocycles. The molecule has 0 fully saturated rings. The molecule has 7 nitrogen and oxygen atoms in total. The van der Waals surface area contributed by atoms with E-state index in [1.807, 2.05) is 12.1 Å². The van der Waals surface area contributed by atoms with Gasteiger partial charge in [-0.2, -0.15) is 0 Å². The maximum Gasteiger partial charge on any atom is 0.332 e. The summed E-state index contributed by atoms with van der Waals surface area (Å²) >= 11 is 0. The summed E-state index contributed by atoms with van der Waals surface area (Å²) in [6.45, 7) is 14.3. The maximum absolute atomic E-state index is 13.3. The highest BCUT2D eigenvalue weighted by Crippen LogP contribution is 2.47. The van der Waals surface area contributed by atoms with Crippen LogP contribution in [0.1, 0.15) is 81.1 Å². The van der Waals surface area contributed by atoms with Gasteiger partial charge in [-0.25, -0.2) is 4.79 Å². The topological polar surface area (TPSA) is 85.3 Å². The lowest BCUT2D eigenvalue weighted by Gasteiger charge is -2.45. The van der Waals surface area contributed by atoms with E-state index in [-0.39, 0.29) is 30.1 Å². The van der Waals surface area contributed by atoms with Crippen molar-refractivity contribution in [2.45, 2.75) is 70.9 Å². The molecule has 2 atom stereocenters. The second-order valence-corrected chi connectivity index (χ2v) is 11.3. The monoisotopic (exact) mass is 497 g/mol. The first-order valence-corrected chi connectivity index (χ1v) is 12.3. The largest absolute Gasteiger partial charge is 0.467 e. The summed E-state index contributed by atoms with van der Waals surface area (Å²) in [5, 5.41) is 12.6. The van der Waals surface area contributed by atoms with Crippen molar-refractivity contribution in [3.63, 3.8) is 0 Å². The van der Waals surface area contributed by atoms with Crippen molar-refractivity contribution >= 4 is 11.9 Å². The van der Waals surface area contributed by atoms with Crippen LogP contribution in [0.4, 0.5) is 0 Å². The number of benzene rings is 2. The van der Waals surface area contributed by atoms with Gasteiger partial charge in [-0.15, -0.1) is 0 Å². The van der Waals surface area contributed by atoms with Gasteiger partial charge in [-0.1, -0.05) is 59.7 Å². The average molecular weight is 498 g/mol. The lowest BCUT2D eigenvalue weighted by molar-refractivity contribution is -0.157. The number of fused-ring (bicyclic) bond motifs is 1. The number of carbonyl (C=O) groups is 2. The normalized spacial score (nSPS) is 20.2. The van der Waals surface area contributed by atoms with Crippen LogP contribution in [0.25, 0.3) is 0 Å². The first-order chi connectivity index (χ1) is 16.7. The van der Waals surface area contributed by atoms with E-state index in [9.17, 15) is 14.7 Å². The molecule has 1 heterocycles. The summed E-state index contributed by atoms with van der Waals surface area (Å²) in [7, 11) is 3.09. The van der Waals surface area contributed by atoms with Crippen molar-refractivity contribution in [2.24, 2.45) is 0 Å². The summed E-state index contributed by atoms with van der Waals surface area (Å²) in [6.07, 6.45) is 0. The first kappa shape index (κ1) is 27.7. The Labute approximate surface area is 214 Å². The molecule has 36 heavy (non-hydrogen) atoms. The van der Waals surface area contributed by atoms with Crippen molar-refractivity contribution in [1.82, 2.24) is 4.90 Å². The summed E-state index contributed by atoms with van der Waals surface area (Å²) in [5.74, 6) is -0.328. The molecule has 0 spiro atoms. The third-order valence-electron chi connectivity index (χ3n) is 6.65. The van der Waals surface area contributed by atoms with Crippen LogP contribution in [0.15, 0.2) is 36.4 Å². The van der Waals surface area contributed by atoms with Crippen LogP contribution in [-0.4, -0.2) is 55.5 Å². The van der Waals surface area contributed by atoms with Gasteiger partial charge < -0.3 is 24.2 Å². The quantitative estimate of drug-likeness (QED) is 0.467.